The van der Waals surface area contributed by atoms with Crippen molar-refractivity contribution in [2.75, 3.05) is 6.54 Å². The zero-order valence-electron chi connectivity index (χ0n) is 9.13. The lowest BCUT2D eigenvalue weighted by Crippen LogP contribution is -2.28. The smallest absolute Gasteiger partial charge is 0.229 e. The molecule has 1 aliphatic heterocycles. The van der Waals surface area contributed by atoms with E-state index < -0.39 is 0 Å². The predicted molar refractivity (Wildman–Crippen MR) is 60.4 cm³/mol. The SMILES string of the molecule is C[C@@H](c1ccccc1)N1CC(=NO)CC1=O. The number of carbonyl (C=O) groups is 1. The topological polar surface area (TPSA) is 52.9 Å². The quantitative estimate of drug-likeness (QED) is 0.608. The number of hydrogen-bond donors (Lipinski definition) is 1. The molecular weight excluding hydrogens is 204 g/mol. The molecule has 0 aliphatic carbocycles. The van der Waals surface area contributed by atoms with Crippen molar-refractivity contribution in [1.82, 2.24) is 4.90 Å². The van der Waals surface area contributed by atoms with Gasteiger partial charge in [0.15, 0.2) is 0 Å². The van der Waals surface area contributed by atoms with E-state index in [1.165, 1.54) is 0 Å². The monoisotopic (exact) mass is 218 g/mol. The van der Waals surface area contributed by atoms with Gasteiger partial charge in [0.25, 0.3) is 0 Å². The Morgan fingerprint density at radius 3 is 2.62 bits per heavy atom. The first-order valence-electron chi connectivity index (χ1n) is 5.26. The van der Waals surface area contributed by atoms with Crippen LogP contribution in [-0.4, -0.2) is 28.3 Å². The summed E-state index contributed by atoms with van der Waals surface area (Å²) >= 11 is 0. The third-order valence-corrected chi connectivity index (χ3v) is 2.92. The standard InChI is InChI=1S/C12H14N2O2/c1-9(10-5-3-2-4-6-10)14-8-11(13-16)7-12(14)15/h2-6,9,16H,7-8H2,1H3/t9-/m0/s1. The lowest BCUT2D eigenvalue weighted by Gasteiger charge is -2.23. The van der Waals surface area contributed by atoms with Crippen molar-refractivity contribution in [3.8, 4) is 0 Å². The molecule has 4 heteroatoms. The van der Waals surface area contributed by atoms with Gasteiger partial charge in [0.1, 0.15) is 0 Å². The van der Waals surface area contributed by atoms with E-state index in [1.807, 2.05) is 37.3 Å². The average molecular weight is 218 g/mol. The van der Waals surface area contributed by atoms with Crippen LogP contribution in [0.4, 0.5) is 0 Å². The second kappa shape index (κ2) is 4.35. The van der Waals surface area contributed by atoms with Gasteiger partial charge >= 0.3 is 0 Å². The van der Waals surface area contributed by atoms with Crippen LogP contribution in [0.3, 0.4) is 0 Å². The number of hydrogen-bond acceptors (Lipinski definition) is 3. The van der Waals surface area contributed by atoms with Gasteiger partial charge in [-0.3, -0.25) is 4.79 Å². The molecule has 1 heterocycles. The van der Waals surface area contributed by atoms with Gasteiger partial charge in [0.2, 0.25) is 5.91 Å². The molecule has 0 bridgehead atoms. The molecular formula is C12H14N2O2. The Kier molecular flexibility index (Phi) is 2.90. The van der Waals surface area contributed by atoms with Gasteiger partial charge in [-0.25, -0.2) is 0 Å². The van der Waals surface area contributed by atoms with Crippen molar-refractivity contribution in [1.29, 1.82) is 0 Å². The summed E-state index contributed by atoms with van der Waals surface area (Å²) in [5.74, 6) is 0.0177. The summed E-state index contributed by atoms with van der Waals surface area (Å²) < 4.78 is 0. The van der Waals surface area contributed by atoms with Crippen LogP contribution in [0, 0.1) is 0 Å². The normalized spacial score (nSPS) is 20.4. The highest BCUT2D eigenvalue weighted by atomic mass is 16.4. The number of carbonyl (C=O) groups excluding carboxylic acids is 1. The lowest BCUT2D eigenvalue weighted by molar-refractivity contribution is -0.129. The predicted octanol–water partition coefficient (Wildman–Crippen LogP) is 1.81. The van der Waals surface area contributed by atoms with Gasteiger partial charge in [0, 0.05) is 0 Å². The van der Waals surface area contributed by atoms with Gasteiger partial charge in [-0.15, -0.1) is 0 Å². The molecule has 0 unspecified atom stereocenters. The molecule has 1 aromatic rings. The fourth-order valence-corrected chi connectivity index (χ4v) is 1.95. The molecule has 1 aromatic carbocycles. The minimum atomic E-state index is 0.0177. The molecule has 1 N–H and O–H groups in total. The van der Waals surface area contributed by atoms with E-state index in [1.54, 1.807) is 4.90 Å². The molecule has 2 rings (SSSR count). The Morgan fingerprint density at radius 1 is 1.38 bits per heavy atom. The van der Waals surface area contributed by atoms with Crippen LogP contribution in [0.25, 0.3) is 0 Å². The summed E-state index contributed by atoms with van der Waals surface area (Å²) in [4.78, 5) is 13.4. The Morgan fingerprint density at radius 2 is 2.06 bits per heavy atom. The van der Waals surface area contributed by atoms with Crippen molar-refractivity contribution in [2.24, 2.45) is 5.16 Å². The number of benzene rings is 1. The summed E-state index contributed by atoms with van der Waals surface area (Å²) in [6, 6.07) is 9.86. The molecule has 1 amide bonds. The maximum absolute atomic E-state index is 11.7. The molecule has 0 radical (unpaired) electrons. The second-order valence-electron chi connectivity index (χ2n) is 3.95. The van der Waals surface area contributed by atoms with E-state index >= 15 is 0 Å². The first-order chi connectivity index (χ1) is 7.72. The summed E-state index contributed by atoms with van der Waals surface area (Å²) in [6.07, 6.45) is 0.230. The maximum atomic E-state index is 11.7. The Balaban J connectivity index is 2.17. The molecule has 0 spiro atoms. The maximum Gasteiger partial charge on any atom is 0.229 e. The van der Waals surface area contributed by atoms with Crippen LogP contribution in [0.1, 0.15) is 24.9 Å². The van der Waals surface area contributed by atoms with Crippen LogP contribution >= 0.6 is 0 Å². The van der Waals surface area contributed by atoms with Gasteiger partial charge in [-0.2, -0.15) is 0 Å². The molecule has 1 fully saturated rings. The van der Waals surface area contributed by atoms with Crippen LogP contribution in [0.5, 0.6) is 0 Å². The van der Waals surface area contributed by atoms with Crippen molar-refractivity contribution in [3.63, 3.8) is 0 Å². The minimum Gasteiger partial charge on any atom is -0.411 e. The summed E-state index contributed by atoms with van der Waals surface area (Å²) in [5, 5.41) is 11.8. The molecule has 1 atom stereocenters. The third-order valence-electron chi connectivity index (χ3n) is 2.92. The molecule has 84 valence electrons. The van der Waals surface area contributed by atoms with E-state index in [4.69, 9.17) is 5.21 Å². The Hall–Kier alpha value is -1.84. The van der Waals surface area contributed by atoms with Gasteiger partial charge in [-0.1, -0.05) is 35.5 Å². The van der Waals surface area contributed by atoms with Crippen LogP contribution in [0.2, 0.25) is 0 Å². The van der Waals surface area contributed by atoms with Crippen LogP contribution in [0.15, 0.2) is 35.5 Å². The van der Waals surface area contributed by atoms with E-state index in [0.29, 0.717) is 12.3 Å². The van der Waals surface area contributed by atoms with Gasteiger partial charge in [-0.05, 0) is 12.5 Å². The largest absolute Gasteiger partial charge is 0.411 e. The second-order valence-corrected chi connectivity index (χ2v) is 3.95. The molecule has 0 saturated carbocycles. The minimum absolute atomic E-state index is 0.0177. The highest BCUT2D eigenvalue weighted by Gasteiger charge is 2.30. The Labute approximate surface area is 94.2 Å². The Bertz CT molecular complexity index is 414. The summed E-state index contributed by atoms with van der Waals surface area (Å²) in [6.45, 7) is 2.40. The molecule has 16 heavy (non-hydrogen) atoms. The third kappa shape index (κ3) is 1.91. The fraction of sp³-hybridized carbons (Fsp3) is 0.333. The lowest BCUT2D eigenvalue weighted by atomic mass is 10.1. The fourth-order valence-electron chi connectivity index (χ4n) is 1.95. The van der Waals surface area contributed by atoms with Crippen molar-refractivity contribution in [3.05, 3.63) is 35.9 Å². The molecule has 0 aromatic heterocycles. The molecule has 1 saturated heterocycles. The van der Waals surface area contributed by atoms with E-state index in [0.717, 1.165) is 5.56 Å². The van der Waals surface area contributed by atoms with E-state index in [9.17, 15) is 4.79 Å². The van der Waals surface area contributed by atoms with Gasteiger partial charge < -0.3 is 10.1 Å². The van der Waals surface area contributed by atoms with Crippen molar-refractivity contribution >= 4 is 11.6 Å². The van der Waals surface area contributed by atoms with Crippen molar-refractivity contribution in [2.45, 2.75) is 19.4 Å². The average Bonchev–Trinajstić information content (AvgIpc) is 2.71. The number of amides is 1. The highest BCUT2D eigenvalue weighted by molar-refractivity contribution is 6.08. The number of oxime groups is 1. The zero-order valence-corrected chi connectivity index (χ0v) is 9.13. The highest BCUT2D eigenvalue weighted by Crippen LogP contribution is 2.24. The van der Waals surface area contributed by atoms with Crippen LogP contribution in [-0.2, 0) is 4.79 Å². The molecule has 4 nitrogen and oxygen atoms in total. The molecule has 1 aliphatic rings. The summed E-state index contributed by atoms with van der Waals surface area (Å²) in [7, 11) is 0. The zero-order chi connectivity index (χ0) is 11.5. The van der Waals surface area contributed by atoms with Crippen LogP contribution < -0.4 is 0 Å². The number of rotatable bonds is 2. The first kappa shape index (κ1) is 10.7. The number of likely N-dealkylation sites (tertiary alicyclic amines) is 1. The van der Waals surface area contributed by atoms with E-state index in [-0.39, 0.29) is 18.4 Å². The van der Waals surface area contributed by atoms with Gasteiger partial charge in [0.05, 0.1) is 24.7 Å². The van der Waals surface area contributed by atoms with E-state index in [2.05, 4.69) is 5.16 Å². The van der Waals surface area contributed by atoms with Crippen molar-refractivity contribution < 1.29 is 10.0 Å². The summed E-state index contributed by atoms with van der Waals surface area (Å²) in [5.41, 5.74) is 1.63. The number of nitrogens with zero attached hydrogens (tertiary/aromatic N) is 2. The first-order valence-corrected chi connectivity index (χ1v) is 5.26.